The SMILES string of the molecule is O=C(CC1CCc2ccccc21)Nc1ccccc1N1CCOC1=O. The molecule has 4 rings (SSSR count). The van der Waals surface area contributed by atoms with Gasteiger partial charge in [0.1, 0.15) is 6.61 Å². The van der Waals surface area contributed by atoms with Crippen LogP contribution in [0.15, 0.2) is 48.5 Å². The number of amides is 2. The monoisotopic (exact) mass is 336 g/mol. The van der Waals surface area contributed by atoms with Crippen LogP contribution in [0.4, 0.5) is 16.2 Å². The first-order valence-corrected chi connectivity index (χ1v) is 8.63. The first-order valence-electron chi connectivity index (χ1n) is 8.63. The summed E-state index contributed by atoms with van der Waals surface area (Å²) < 4.78 is 5.00. The quantitative estimate of drug-likeness (QED) is 0.926. The van der Waals surface area contributed by atoms with Crippen molar-refractivity contribution in [3.05, 3.63) is 59.7 Å². The minimum absolute atomic E-state index is 0.0262. The molecule has 5 nitrogen and oxygen atoms in total. The molecule has 5 heteroatoms. The Kier molecular flexibility index (Phi) is 4.14. The maximum Gasteiger partial charge on any atom is 0.414 e. The zero-order valence-corrected chi connectivity index (χ0v) is 13.9. The molecule has 0 bridgehead atoms. The zero-order chi connectivity index (χ0) is 17.2. The van der Waals surface area contributed by atoms with E-state index in [1.807, 2.05) is 36.4 Å². The van der Waals surface area contributed by atoms with Crippen LogP contribution in [0.2, 0.25) is 0 Å². The lowest BCUT2D eigenvalue weighted by Crippen LogP contribution is -2.25. The van der Waals surface area contributed by atoms with Crippen molar-refractivity contribution in [3.8, 4) is 0 Å². The number of hydrogen-bond acceptors (Lipinski definition) is 3. The number of carbonyl (C=O) groups is 2. The van der Waals surface area contributed by atoms with Crippen molar-refractivity contribution in [2.45, 2.75) is 25.2 Å². The minimum Gasteiger partial charge on any atom is -0.447 e. The van der Waals surface area contributed by atoms with E-state index in [-0.39, 0.29) is 17.9 Å². The molecule has 2 amide bonds. The number of nitrogens with one attached hydrogen (secondary N) is 1. The van der Waals surface area contributed by atoms with Gasteiger partial charge in [0.05, 0.1) is 17.9 Å². The molecular formula is C20H20N2O3. The molecule has 0 radical (unpaired) electrons. The van der Waals surface area contributed by atoms with Crippen LogP contribution in [0.5, 0.6) is 0 Å². The van der Waals surface area contributed by atoms with E-state index in [9.17, 15) is 9.59 Å². The average molecular weight is 336 g/mol. The predicted molar refractivity (Wildman–Crippen MR) is 95.9 cm³/mol. The van der Waals surface area contributed by atoms with Gasteiger partial charge in [-0.1, -0.05) is 36.4 Å². The molecule has 2 aliphatic rings. The first kappa shape index (κ1) is 15.7. The largest absolute Gasteiger partial charge is 0.447 e. The second-order valence-electron chi connectivity index (χ2n) is 6.47. The van der Waals surface area contributed by atoms with E-state index in [4.69, 9.17) is 4.74 Å². The highest BCUT2D eigenvalue weighted by Gasteiger charge is 2.27. The van der Waals surface area contributed by atoms with E-state index < -0.39 is 0 Å². The Bertz CT molecular complexity index is 818. The van der Waals surface area contributed by atoms with Crippen LogP contribution in [0, 0.1) is 0 Å². The molecule has 128 valence electrons. The van der Waals surface area contributed by atoms with Gasteiger partial charge in [-0.3, -0.25) is 9.69 Å². The van der Waals surface area contributed by atoms with Gasteiger partial charge in [0.15, 0.2) is 0 Å². The number of ether oxygens (including phenoxy) is 1. The molecule has 1 fully saturated rings. The number of nitrogens with zero attached hydrogens (tertiary/aromatic N) is 1. The molecule has 1 atom stereocenters. The third-order valence-electron chi connectivity index (χ3n) is 4.92. The van der Waals surface area contributed by atoms with Crippen LogP contribution in [-0.2, 0) is 16.0 Å². The normalized spacial score (nSPS) is 18.8. The Morgan fingerprint density at radius 3 is 2.80 bits per heavy atom. The van der Waals surface area contributed by atoms with Crippen LogP contribution in [0.3, 0.4) is 0 Å². The maximum absolute atomic E-state index is 12.6. The van der Waals surface area contributed by atoms with Gasteiger partial charge < -0.3 is 10.1 Å². The van der Waals surface area contributed by atoms with Crippen molar-refractivity contribution in [1.82, 2.24) is 0 Å². The Labute approximate surface area is 146 Å². The van der Waals surface area contributed by atoms with Crippen molar-refractivity contribution in [2.75, 3.05) is 23.4 Å². The molecule has 1 aliphatic carbocycles. The van der Waals surface area contributed by atoms with Crippen LogP contribution in [0.25, 0.3) is 0 Å². The molecule has 0 saturated carbocycles. The molecule has 2 aromatic carbocycles. The summed E-state index contributed by atoms with van der Waals surface area (Å²) in [5, 5.41) is 2.98. The lowest BCUT2D eigenvalue weighted by molar-refractivity contribution is -0.116. The van der Waals surface area contributed by atoms with Crippen molar-refractivity contribution in [2.24, 2.45) is 0 Å². The third kappa shape index (κ3) is 3.09. The first-order chi connectivity index (χ1) is 12.2. The van der Waals surface area contributed by atoms with E-state index >= 15 is 0 Å². The summed E-state index contributed by atoms with van der Waals surface area (Å²) in [6, 6.07) is 15.7. The number of aryl methyl sites for hydroxylation is 1. The summed E-state index contributed by atoms with van der Waals surface area (Å²) in [5.41, 5.74) is 3.97. The van der Waals surface area contributed by atoms with E-state index in [1.54, 1.807) is 4.90 Å². The molecule has 1 heterocycles. The van der Waals surface area contributed by atoms with Crippen molar-refractivity contribution >= 4 is 23.4 Å². The van der Waals surface area contributed by atoms with E-state index in [0.29, 0.717) is 30.9 Å². The fraction of sp³-hybridized carbons (Fsp3) is 0.300. The number of anilines is 2. The summed E-state index contributed by atoms with van der Waals surface area (Å²) in [5.74, 6) is 0.238. The number of benzene rings is 2. The highest BCUT2D eigenvalue weighted by Crippen LogP contribution is 2.36. The predicted octanol–water partition coefficient (Wildman–Crippen LogP) is 3.70. The summed E-state index contributed by atoms with van der Waals surface area (Å²) in [7, 11) is 0. The number of carbonyl (C=O) groups excluding carboxylic acids is 2. The number of cyclic esters (lactones) is 1. The number of fused-ring (bicyclic) bond motifs is 1. The van der Waals surface area contributed by atoms with Crippen molar-refractivity contribution < 1.29 is 14.3 Å². The lowest BCUT2D eigenvalue weighted by Gasteiger charge is -2.18. The highest BCUT2D eigenvalue weighted by atomic mass is 16.6. The number of rotatable bonds is 4. The van der Waals surface area contributed by atoms with Gasteiger partial charge >= 0.3 is 6.09 Å². The average Bonchev–Trinajstić information content (AvgIpc) is 3.22. The van der Waals surface area contributed by atoms with Gasteiger partial charge in [-0.15, -0.1) is 0 Å². The molecule has 2 aromatic rings. The molecule has 0 spiro atoms. The van der Waals surface area contributed by atoms with Crippen LogP contribution in [0.1, 0.15) is 29.9 Å². The summed E-state index contributed by atoms with van der Waals surface area (Å²) in [4.78, 5) is 26.0. The Morgan fingerprint density at radius 1 is 1.16 bits per heavy atom. The molecular weight excluding hydrogens is 316 g/mol. The smallest absolute Gasteiger partial charge is 0.414 e. The van der Waals surface area contributed by atoms with Crippen molar-refractivity contribution in [3.63, 3.8) is 0 Å². The van der Waals surface area contributed by atoms with Gasteiger partial charge in [0.25, 0.3) is 0 Å². The highest BCUT2D eigenvalue weighted by molar-refractivity contribution is 5.99. The van der Waals surface area contributed by atoms with Crippen LogP contribution in [-0.4, -0.2) is 25.2 Å². The van der Waals surface area contributed by atoms with Crippen molar-refractivity contribution in [1.29, 1.82) is 0 Å². The van der Waals surface area contributed by atoms with Crippen LogP contribution >= 0.6 is 0 Å². The third-order valence-corrected chi connectivity index (χ3v) is 4.92. The Balaban J connectivity index is 1.48. The molecule has 25 heavy (non-hydrogen) atoms. The number of para-hydroxylation sites is 2. The standard InChI is InChI=1S/C20H20N2O3/c23-19(13-15-10-9-14-5-1-2-6-16(14)15)21-17-7-3-4-8-18(17)22-11-12-25-20(22)24/h1-8,15H,9-13H2,(H,21,23). The maximum atomic E-state index is 12.6. The fourth-order valence-corrected chi connectivity index (χ4v) is 3.71. The molecule has 1 aliphatic heterocycles. The van der Waals surface area contributed by atoms with Crippen LogP contribution < -0.4 is 10.2 Å². The Hall–Kier alpha value is -2.82. The molecule has 1 unspecified atom stereocenters. The second-order valence-corrected chi connectivity index (χ2v) is 6.47. The van der Waals surface area contributed by atoms with Gasteiger partial charge in [-0.05, 0) is 42.0 Å². The lowest BCUT2D eigenvalue weighted by atomic mass is 9.97. The molecule has 0 aromatic heterocycles. The fourth-order valence-electron chi connectivity index (χ4n) is 3.71. The van der Waals surface area contributed by atoms with E-state index in [1.165, 1.54) is 11.1 Å². The molecule has 1 N–H and O–H groups in total. The van der Waals surface area contributed by atoms with Gasteiger partial charge in [-0.25, -0.2) is 4.79 Å². The second kappa shape index (κ2) is 6.59. The molecule has 1 saturated heterocycles. The summed E-state index contributed by atoms with van der Waals surface area (Å²) in [6.07, 6.45) is 2.12. The van der Waals surface area contributed by atoms with Gasteiger partial charge in [0.2, 0.25) is 5.91 Å². The van der Waals surface area contributed by atoms with Gasteiger partial charge in [0, 0.05) is 6.42 Å². The minimum atomic E-state index is -0.369. The Morgan fingerprint density at radius 2 is 1.96 bits per heavy atom. The van der Waals surface area contributed by atoms with Gasteiger partial charge in [-0.2, -0.15) is 0 Å². The topological polar surface area (TPSA) is 58.6 Å². The zero-order valence-electron chi connectivity index (χ0n) is 13.9. The van der Waals surface area contributed by atoms with E-state index in [2.05, 4.69) is 17.4 Å². The van der Waals surface area contributed by atoms with E-state index in [0.717, 1.165) is 12.8 Å². The summed E-state index contributed by atoms with van der Waals surface area (Å²) in [6.45, 7) is 0.877. The summed E-state index contributed by atoms with van der Waals surface area (Å²) >= 11 is 0. The number of hydrogen-bond donors (Lipinski definition) is 1.